The summed E-state index contributed by atoms with van der Waals surface area (Å²) in [4.78, 5) is 23.7. The van der Waals surface area contributed by atoms with Gasteiger partial charge in [-0.25, -0.2) is 0 Å². The lowest BCUT2D eigenvalue weighted by Crippen LogP contribution is -2.22. The highest BCUT2D eigenvalue weighted by Gasteiger charge is 2.14. The maximum Gasteiger partial charge on any atom is 0.255 e. The van der Waals surface area contributed by atoms with Gasteiger partial charge in [0, 0.05) is 14.1 Å². The van der Waals surface area contributed by atoms with Crippen molar-refractivity contribution in [2.24, 2.45) is 0 Å². The van der Waals surface area contributed by atoms with Gasteiger partial charge in [-0.15, -0.1) is 0 Å². The third-order valence-corrected chi connectivity index (χ3v) is 2.08. The molecule has 0 aliphatic carbocycles. The molecule has 0 unspecified atom stereocenters. The Balaban J connectivity index is 3.19. The lowest BCUT2D eigenvalue weighted by Gasteiger charge is -2.14. The zero-order valence-electron chi connectivity index (χ0n) is 9.48. The number of carbonyl (C=O) groups excluding carboxylic acids is 2. The van der Waals surface area contributed by atoms with Crippen molar-refractivity contribution in [3.63, 3.8) is 0 Å². The molecule has 1 N–H and O–H groups in total. The van der Waals surface area contributed by atoms with Crippen LogP contribution < -0.4 is 10.1 Å². The summed E-state index contributed by atoms with van der Waals surface area (Å²) in [5.41, 5.74) is 0.867. The second-order valence-electron chi connectivity index (χ2n) is 3.37. The quantitative estimate of drug-likeness (QED) is 0.772. The molecule has 1 aromatic carbocycles. The van der Waals surface area contributed by atoms with Crippen LogP contribution in [0, 0.1) is 0 Å². The maximum absolute atomic E-state index is 11.8. The Morgan fingerprint density at radius 2 is 2.12 bits per heavy atom. The molecule has 0 fully saturated rings. The predicted molar refractivity (Wildman–Crippen MR) is 60.7 cm³/mol. The molecule has 0 bridgehead atoms. The first-order chi connectivity index (χ1) is 7.60. The molecule has 16 heavy (non-hydrogen) atoms. The summed E-state index contributed by atoms with van der Waals surface area (Å²) >= 11 is 0. The minimum absolute atomic E-state index is 0.191. The maximum atomic E-state index is 11.8. The van der Waals surface area contributed by atoms with Crippen LogP contribution in [0.3, 0.4) is 0 Å². The van der Waals surface area contributed by atoms with Gasteiger partial charge in [0.05, 0.1) is 18.4 Å². The van der Waals surface area contributed by atoms with Gasteiger partial charge in [0.15, 0.2) is 0 Å². The van der Waals surface area contributed by atoms with Crippen molar-refractivity contribution < 1.29 is 14.3 Å². The number of rotatable bonds is 4. The number of benzene rings is 1. The minimum atomic E-state index is -0.191. The van der Waals surface area contributed by atoms with E-state index in [0.29, 0.717) is 23.4 Å². The molecule has 0 radical (unpaired) electrons. The molecule has 1 rings (SSSR count). The fourth-order valence-corrected chi connectivity index (χ4v) is 1.26. The zero-order chi connectivity index (χ0) is 12.1. The number of amides is 2. The van der Waals surface area contributed by atoms with E-state index >= 15 is 0 Å². The summed E-state index contributed by atoms with van der Waals surface area (Å²) in [6.07, 6.45) is 0.536. The molecule has 86 valence electrons. The summed E-state index contributed by atoms with van der Waals surface area (Å²) in [5, 5.41) is 2.48. The number of hydrogen-bond acceptors (Lipinski definition) is 3. The van der Waals surface area contributed by atoms with E-state index in [1.807, 2.05) is 0 Å². The predicted octanol–water partition coefficient (Wildman–Crippen LogP) is 0.965. The van der Waals surface area contributed by atoms with Crippen LogP contribution in [0.25, 0.3) is 0 Å². The SMILES string of the molecule is COc1ccc(NC=O)c(C(=O)N(C)C)c1. The highest BCUT2D eigenvalue weighted by atomic mass is 16.5. The molecule has 0 aromatic heterocycles. The Morgan fingerprint density at radius 3 is 2.62 bits per heavy atom. The minimum Gasteiger partial charge on any atom is -0.497 e. The molecule has 0 heterocycles. The average Bonchev–Trinajstić information content (AvgIpc) is 2.29. The van der Waals surface area contributed by atoms with Gasteiger partial charge in [-0.3, -0.25) is 9.59 Å². The van der Waals surface area contributed by atoms with E-state index < -0.39 is 0 Å². The van der Waals surface area contributed by atoms with Crippen molar-refractivity contribution in [3.05, 3.63) is 23.8 Å². The van der Waals surface area contributed by atoms with Crippen LogP contribution in [0.2, 0.25) is 0 Å². The molecule has 5 heteroatoms. The fourth-order valence-electron chi connectivity index (χ4n) is 1.26. The van der Waals surface area contributed by atoms with E-state index in [2.05, 4.69) is 5.32 Å². The molecular formula is C11H14N2O3. The Bertz CT molecular complexity index is 402. The van der Waals surface area contributed by atoms with Crippen LogP contribution in [0.15, 0.2) is 18.2 Å². The highest BCUT2D eigenvalue weighted by molar-refractivity contribution is 6.01. The number of anilines is 1. The Morgan fingerprint density at radius 1 is 1.44 bits per heavy atom. The molecular weight excluding hydrogens is 208 g/mol. The van der Waals surface area contributed by atoms with E-state index in [0.717, 1.165) is 0 Å². The number of nitrogens with zero attached hydrogens (tertiary/aromatic N) is 1. The van der Waals surface area contributed by atoms with Gasteiger partial charge in [-0.05, 0) is 18.2 Å². The van der Waals surface area contributed by atoms with Gasteiger partial charge in [0.2, 0.25) is 6.41 Å². The summed E-state index contributed by atoms with van der Waals surface area (Å²) in [5.74, 6) is 0.380. The topological polar surface area (TPSA) is 58.6 Å². The summed E-state index contributed by atoms with van der Waals surface area (Å²) in [6.45, 7) is 0. The number of hydrogen-bond donors (Lipinski definition) is 1. The molecule has 2 amide bonds. The normalized spacial score (nSPS) is 9.44. The largest absolute Gasteiger partial charge is 0.497 e. The van der Waals surface area contributed by atoms with Crippen molar-refractivity contribution in [1.82, 2.24) is 4.90 Å². The third-order valence-electron chi connectivity index (χ3n) is 2.08. The van der Waals surface area contributed by atoms with E-state index in [-0.39, 0.29) is 5.91 Å². The van der Waals surface area contributed by atoms with E-state index in [9.17, 15) is 9.59 Å². The molecule has 0 saturated carbocycles. The monoisotopic (exact) mass is 222 g/mol. The molecule has 0 aliphatic rings. The van der Waals surface area contributed by atoms with Crippen molar-refractivity contribution >= 4 is 18.0 Å². The number of ether oxygens (including phenoxy) is 1. The van der Waals surface area contributed by atoms with Crippen molar-refractivity contribution in [1.29, 1.82) is 0 Å². The molecule has 0 saturated heterocycles. The Labute approximate surface area is 94.0 Å². The first-order valence-electron chi connectivity index (χ1n) is 4.70. The van der Waals surface area contributed by atoms with Crippen LogP contribution in [0.5, 0.6) is 5.75 Å². The van der Waals surface area contributed by atoms with Crippen molar-refractivity contribution in [3.8, 4) is 5.75 Å². The van der Waals surface area contributed by atoms with Crippen molar-refractivity contribution in [2.45, 2.75) is 0 Å². The number of nitrogens with one attached hydrogen (secondary N) is 1. The van der Waals surface area contributed by atoms with Gasteiger partial charge in [-0.2, -0.15) is 0 Å². The summed E-state index contributed by atoms with van der Waals surface area (Å²) in [6, 6.07) is 4.90. The molecule has 0 spiro atoms. The lowest BCUT2D eigenvalue weighted by atomic mass is 10.1. The van der Waals surface area contributed by atoms with Crippen LogP contribution in [-0.2, 0) is 4.79 Å². The first kappa shape index (κ1) is 12.0. The Hall–Kier alpha value is -2.04. The van der Waals surface area contributed by atoms with Crippen LogP contribution in [0.4, 0.5) is 5.69 Å². The molecule has 1 aromatic rings. The second kappa shape index (κ2) is 5.16. The lowest BCUT2D eigenvalue weighted by molar-refractivity contribution is -0.105. The zero-order valence-corrected chi connectivity index (χ0v) is 9.48. The van der Waals surface area contributed by atoms with Gasteiger partial charge < -0.3 is 15.0 Å². The average molecular weight is 222 g/mol. The van der Waals surface area contributed by atoms with Gasteiger partial charge in [0.1, 0.15) is 5.75 Å². The standard InChI is InChI=1S/C11H14N2O3/c1-13(2)11(15)9-6-8(16-3)4-5-10(9)12-7-14/h4-7H,1-3H3,(H,12,14). The van der Waals surface area contributed by atoms with Gasteiger partial charge in [-0.1, -0.05) is 0 Å². The summed E-state index contributed by atoms with van der Waals surface area (Å²) < 4.78 is 5.03. The van der Waals surface area contributed by atoms with Crippen LogP contribution in [0.1, 0.15) is 10.4 Å². The summed E-state index contributed by atoms with van der Waals surface area (Å²) in [7, 11) is 4.81. The van der Waals surface area contributed by atoms with Gasteiger partial charge >= 0.3 is 0 Å². The second-order valence-corrected chi connectivity index (χ2v) is 3.37. The number of methoxy groups -OCH3 is 1. The highest BCUT2D eigenvalue weighted by Crippen LogP contribution is 2.22. The number of carbonyl (C=O) groups is 2. The van der Waals surface area contributed by atoms with Gasteiger partial charge in [0.25, 0.3) is 5.91 Å². The van der Waals surface area contributed by atoms with Crippen molar-refractivity contribution in [2.75, 3.05) is 26.5 Å². The molecule has 0 atom stereocenters. The molecule has 0 aliphatic heterocycles. The molecule has 5 nitrogen and oxygen atoms in total. The van der Waals surface area contributed by atoms with Crippen LogP contribution in [-0.4, -0.2) is 38.4 Å². The van der Waals surface area contributed by atoms with E-state index in [1.54, 1.807) is 32.3 Å². The smallest absolute Gasteiger partial charge is 0.255 e. The van der Waals surface area contributed by atoms with E-state index in [4.69, 9.17) is 4.74 Å². The van der Waals surface area contributed by atoms with Crippen LogP contribution >= 0.6 is 0 Å². The Kier molecular flexibility index (Phi) is 3.88. The first-order valence-corrected chi connectivity index (χ1v) is 4.70. The fraction of sp³-hybridized carbons (Fsp3) is 0.273. The van der Waals surface area contributed by atoms with E-state index in [1.165, 1.54) is 12.0 Å². The third kappa shape index (κ3) is 2.50.